The minimum atomic E-state index is -0.943. The van der Waals surface area contributed by atoms with Crippen molar-refractivity contribution < 1.29 is 23.9 Å². The highest BCUT2D eigenvalue weighted by Gasteiger charge is 2.27. The van der Waals surface area contributed by atoms with E-state index in [2.05, 4.69) is 10.6 Å². The van der Waals surface area contributed by atoms with Crippen LogP contribution in [0.3, 0.4) is 0 Å². The van der Waals surface area contributed by atoms with Gasteiger partial charge in [-0.05, 0) is 35.7 Å². The highest BCUT2D eigenvalue weighted by Crippen LogP contribution is 2.13. The molecule has 0 aliphatic rings. The van der Waals surface area contributed by atoms with Crippen LogP contribution in [0.4, 0.5) is 10.5 Å². The predicted octanol–water partition coefficient (Wildman–Crippen LogP) is 3.77. The van der Waals surface area contributed by atoms with Crippen molar-refractivity contribution in [3.63, 3.8) is 0 Å². The SMILES string of the molecule is CC(C)[C@H](NC(=O)OCc1ccccc1)C(=O)OCC(=O)Nc1ccc(Cl)cc1. The number of nitrogens with one attached hydrogen (secondary N) is 2. The smallest absolute Gasteiger partial charge is 0.408 e. The van der Waals surface area contributed by atoms with Crippen molar-refractivity contribution in [2.24, 2.45) is 5.92 Å². The highest BCUT2D eigenvalue weighted by molar-refractivity contribution is 6.30. The Morgan fingerprint density at radius 3 is 2.24 bits per heavy atom. The predicted molar refractivity (Wildman–Crippen MR) is 109 cm³/mol. The quantitative estimate of drug-likeness (QED) is 0.636. The largest absolute Gasteiger partial charge is 0.454 e. The maximum Gasteiger partial charge on any atom is 0.408 e. The van der Waals surface area contributed by atoms with E-state index in [1.165, 1.54) is 0 Å². The van der Waals surface area contributed by atoms with Gasteiger partial charge in [0.15, 0.2) is 6.61 Å². The Kier molecular flexibility index (Phi) is 8.48. The van der Waals surface area contributed by atoms with Crippen molar-refractivity contribution in [1.29, 1.82) is 0 Å². The van der Waals surface area contributed by atoms with Gasteiger partial charge in [-0.2, -0.15) is 0 Å². The number of alkyl carbamates (subject to hydrolysis) is 1. The number of anilines is 1. The van der Waals surface area contributed by atoms with Gasteiger partial charge in [0.1, 0.15) is 12.6 Å². The number of amides is 2. The molecular weight excluding hydrogens is 396 g/mol. The fourth-order valence-corrected chi connectivity index (χ4v) is 2.47. The Morgan fingerprint density at radius 2 is 1.62 bits per heavy atom. The van der Waals surface area contributed by atoms with Crippen LogP contribution in [0.5, 0.6) is 0 Å². The molecule has 1 atom stereocenters. The summed E-state index contributed by atoms with van der Waals surface area (Å²) in [6, 6.07) is 14.7. The Labute approximate surface area is 174 Å². The second kappa shape index (κ2) is 11.1. The van der Waals surface area contributed by atoms with E-state index < -0.39 is 30.6 Å². The number of hydrogen-bond acceptors (Lipinski definition) is 5. The molecular formula is C21H23ClN2O5. The molecule has 29 heavy (non-hydrogen) atoms. The van der Waals surface area contributed by atoms with E-state index in [9.17, 15) is 14.4 Å². The molecule has 0 radical (unpaired) electrons. The molecule has 0 bridgehead atoms. The van der Waals surface area contributed by atoms with E-state index in [0.717, 1.165) is 5.56 Å². The summed E-state index contributed by atoms with van der Waals surface area (Å²) in [5.74, 6) is -1.48. The number of hydrogen-bond donors (Lipinski definition) is 2. The van der Waals surface area contributed by atoms with Gasteiger partial charge in [-0.3, -0.25) is 4.79 Å². The molecule has 0 fully saturated rings. The lowest BCUT2D eigenvalue weighted by molar-refractivity contribution is -0.150. The molecule has 2 aromatic carbocycles. The third-order valence-electron chi connectivity index (χ3n) is 3.88. The van der Waals surface area contributed by atoms with Crippen molar-refractivity contribution in [2.75, 3.05) is 11.9 Å². The van der Waals surface area contributed by atoms with Crippen molar-refractivity contribution in [3.8, 4) is 0 Å². The molecule has 0 saturated heterocycles. The molecule has 7 nitrogen and oxygen atoms in total. The van der Waals surface area contributed by atoms with E-state index in [0.29, 0.717) is 10.7 Å². The van der Waals surface area contributed by atoms with Gasteiger partial charge in [0.05, 0.1) is 0 Å². The first-order valence-electron chi connectivity index (χ1n) is 9.04. The maximum atomic E-state index is 12.3. The molecule has 2 N–H and O–H groups in total. The van der Waals surface area contributed by atoms with Crippen LogP contribution in [0.1, 0.15) is 19.4 Å². The third-order valence-corrected chi connectivity index (χ3v) is 4.13. The fourth-order valence-electron chi connectivity index (χ4n) is 2.35. The Balaban J connectivity index is 1.80. The number of halogens is 1. The van der Waals surface area contributed by atoms with E-state index >= 15 is 0 Å². The fraction of sp³-hybridized carbons (Fsp3) is 0.286. The average molecular weight is 419 g/mol. The van der Waals surface area contributed by atoms with Crippen LogP contribution in [-0.2, 0) is 25.7 Å². The topological polar surface area (TPSA) is 93.7 Å². The second-order valence-corrected chi connectivity index (χ2v) is 7.03. The lowest BCUT2D eigenvalue weighted by Crippen LogP contribution is -2.46. The summed E-state index contributed by atoms with van der Waals surface area (Å²) in [6.07, 6.45) is -0.741. The van der Waals surface area contributed by atoms with Crippen LogP contribution in [0.15, 0.2) is 54.6 Å². The first-order valence-corrected chi connectivity index (χ1v) is 9.42. The highest BCUT2D eigenvalue weighted by atomic mass is 35.5. The first-order chi connectivity index (χ1) is 13.8. The molecule has 8 heteroatoms. The van der Waals surface area contributed by atoms with Gasteiger partial charge in [-0.25, -0.2) is 9.59 Å². The molecule has 2 aromatic rings. The number of esters is 1. The zero-order valence-corrected chi connectivity index (χ0v) is 16.9. The van der Waals surface area contributed by atoms with Crippen molar-refractivity contribution in [3.05, 3.63) is 65.2 Å². The number of ether oxygens (including phenoxy) is 2. The molecule has 2 amide bonds. The summed E-state index contributed by atoms with van der Waals surface area (Å²) in [6.45, 7) is 3.09. The van der Waals surface area contributed by atoms with Crippen molar-refractivity contribution >= 4 is 35.3 Å². The van der Waals surface area contributed by atoms with Crippen LogP contribution >= 0.6 is 11.6 Å². The van der Waals surface area contributed by atoms with E-state index in [1.807, 2.05) is 30.3 Å². The van der Waals surface area contributed by atoms with Gasteiger partial charge in [0.2, 0.25) is 0 Å². The summed E-state index contributed by atoms with van der Waals surface area (Å²) >= 11 is 5.79. The van der Waals surface area contributed by atoms with Gasteiger partial charge >= 0.3 is 12.1 Å². The van der Waals surface area contributed by atoms with Gasteiger partial charge in [0, 0.05) is 10.7 Å². The number of carbonyl (C=O) groups excluding carboxylic acids is 3. The second-order valence-electron chi connectivity index (χ2n) is 6.59. The minimum Gasteiger partial charge on any atom is -0.454 e. The summed E-state index contributed by atoms with van der Waals surface area (Å²) in [4.78, 5) is 36.3. The normalized spacial score (nSPS) is 11.4. The summed E-state index contributed by atoms with van der Waals surface area (Å²) in [5.41, 5.74) is 1.35. The van der Waals surface area contributed by atoms with Crippen molar-refractivity contribution in [1.82, 2.24) is 5.32 Å². The molecule has 2 rings (SSSR count). The van der Waals surface area contributed by atoms with Crippen LogP contribution < -0.4 is 10.6 Å². The van der Waals surface area contributed by atoms with Crippen LogP contribution in [0.25, 0.3) is 0 Å². The summed E-state index contributed by atoms with van der Waals surface area (Å²) in [5, 5.41) is 5.61. The molecule has 0 unspecified atom stereocenters. The van der Waals surface area contributed by atoms with Gasteiger partial charge in [-0.15, -0.1) is 0 Å². The van der Waals surface area contributed by atoms with Gasteiger partial charge < -0.3 is 20.1 Å². The summed E-state index contributed by atoms with van der Waals surface area (Å²) in [7, 11) is 0. The Bertz CT molecular complexity index is 825. The molecule has 0 aromatic heterocycles. The molecule has 0 spiro atoms. The molecule has 154 valence electrons. The molecule has 0 heterocycles. The van der Waals surface area contributed by atoms with Crippen LogP contribution in [-0.4, -0.2) is 30.6 Å². The first kappa shape index (κ1) is 22.2. The van der Waals surface area contributed by atoms with Gasteiger partial charge in [0.25, 0.3) is 5.91 Å². The summed E-state index contributed by atoms with van der Waals surface area (Å²) < 4.78 is 10.2. The van der Waals surface area contributed by atoms with E-state index in [4.69, 9.17) is 21.1 Å². The Morgan fingerprint density at radius 1 is 0.966 bits per heavy atom. The lowest BCUT2D eigenvalue weighted by atomic mass is 10.1. The standard InChI is InChI=1S/C21H23ClN2O5/c1-14(2)19(24-21(27)29-12-15-6-4-3-5-7-15)20(26)28-13-18(25)23-17-10-8-16(22)9-11-17/h3-11,14,19H,12-13H2,1-2H3,(H,23,25)(H,24,27)/t19-/m0/s1. The van der Waals surface area contributed by atoms with E-state index in [1.54, 1.807) is 38.1 Å². The lowest BCUT2D eigenvalue weighted by Gasteiger charge is -2.20. The average Bonchev–Trinajstić information content (AvgIpc) is 2.71. The molecule has 0 aliphatic carbocycles. The van der Waals surface area contributed by atoms with Crippen LogP contribution in [0.2, 0.25) is 5.02 Å². The molecule has 0 aliphatic heterocycles. The number of benzene rings is 2. The number of rotatable bonds is 8. The zero-order chi connectivity index (χ0) is 21.2. The van der Waals surface area contributed by atoms with Crippen molar-refractivity contribution in [2.45, 2.75) is 26.5 Å². The van der Waals surface area contributed by atoms with Gasteiger partial charge in [-0.1, -0.05) is 55.8 Å². The minimum absolute atomic E-state index is 0.0794. The number of carbonyl (C=O) groups is 3. The maximum absolute atomic E-state index is 12.3. The monoisotopic (exact) mass is 418 g/mol. The third kappa shape index (κ3) is 7.83. The molecule has 0 saturated carbocycles. The zero-order valence-electron chi connectivity index (χ0n) is 16.2. The van der Waals surface area contributed by atoms with Crippen LogP contribution in [0, 0.1) is 5.92 Å². The Hall–Kier alpha value is -3.06. The van der Waals surface area contributed by atoms with E-state index in [-0.39, 0.29) is 12.5 Å².